The summed E-state index contributed by atoms with van der Waals surface area (Å²) in [5.74, 6) is -0.359. The zero-order valence-corrected chi connectivity index (χ0v) is 13.2. The second kappa shape index (κ2) is 5.26. The fraction of sp³-hybridized carbons (Fsp3) is 0.167. The molecule has 3 heterocycles. The number of rotatable bonds is 2. The van der Waals surface area contributed by atoms with Crippen LogP contribution in [0, 0.1) is 19.7 Å². The van der Waals surface area contributed by atoms with Crippen molar-refractivity contribution in [3.8, 4) is 0 Å². The topological polar surface area (TPSA) is 60.9 Å². The number of nitrogens with zero attached hydrogens (tertiary/aromatic N) is 3. The van der Waals surface area contributed by atoms with E-state index < -0.39 is 0 Å². The highest BCUT2D eigenvalue weighted by Crippen LogP contribution is 2.26. The van der Waals surface area contributed by atoms with Crippen LogP contribution in [0.5, 0.6) is 0 Å². The molecule has 0 bridgehead atoms. The first kappa shape index (κ1) is 14.6. The predicted molar refractivity (Wildman–Crippen MR) is 88.5 cm³/mol. The first-order chi connectivity index (χ1) is 11.5. The van der Waals surface area contributed by atoms with Crippen LogP contribution in [0.25, 0.3) is 22.2 Å². The lowest BCUT2D eigenvalue weighted by Gasteiger charge is -2.05. The molecule has 0 spiro atoms. The highest BCUT2D eigenvalue weighted by molar-refractivity contribution is 6.02. The largest absolute Gasteiger partial charge is 0.430 e. The minimum Gasteiger partial charge on any atom is -0.430 e. The molecule has 24 heavy (non-hydrogen) atoms. The van der Waals surface area contributed by atoms with E-state index in [4.69, 9.17) is 4.42 Å². The van der Waals surface area contributed by atoms with Gasteiger partial charge in [0.05, 0.1) is 18.3 Å². The van der Waals surface area contributed by atoms with E-state index in [1.807, 2.05) is 19.9 Å². The molecule has 0 fully saturated rings. The Morgan fingerprint density at radius 1 is 1.25 bits per heavy atom. The molecule has 0 aliphatic rings. The summed E-state index contributed by atoms with van der Waals surface area (Å²) in [6.07, 6.45) is 1.42. The molecule has 0 saturated heterocycles. The van der Waals surface area contributed by atoms with Gasteiger partial charge in [0.25, 0.3) is 5.56 Å². The van der Waals surface area contributed by atoms with Crippen molar-refractivity contribution < 1.29 is 8.81 Å². The summed E-state index contributed by atoms with van der Waals surface area (Å²) in [7, 11) is 0. The fourth-order valence-corrected chi connectivity index (χ4v) is 2.92. The Hall–Kier alpha value is -3.02. The van der Waals surface area contributed by atoms with Gasteiger partial charge in [-0.2, -0.15) is 0 Å². The van der Waals surface area contributed by atoms with Gasteiger partial charge in [-0.05, 0) is 31.5 Å². The molecule has 0 radical (unpaired) electrons. The third-order valence-corrected chi connectivity index (χ3v) is 4.04. The SMILES string of the molecule is Cc1cc(C)c2c(n1)oc1c(=O)n(Cc3ccccc3F)cnc12. The monoisotopic (exact) mass is 323 g/mol. The number of halogens is 1. The molecule has 0 unspecified atom stereocenters. The smallest absolute Gasteiger partial charge is 0.297 e. The highest BCUT2D eigenvalue weighted by atomic mass is 19.1. The quantitative estimate of drug-likeness (QED) is 0.567. The molecule has 3 aromatic heterocycles. The summed E-state index contributed by atoms with van der Waals surface area (Å²) in [5, 5.41) is 0.741. The van der Waals surface area contributed by atoms with Crippen LogP contribution < -0.4 is 5.56 Å². The second-order valence-electron chi connectivity index (χ2n) is 5.81. The normalized spacial score (nSPS) is 11.5. The number of aryl methyl sites for hydroxylation is 2. The van der Waals surface area contributed by atoms with Crippen molar-refractivity contribution >= 4 is 22.2 Å². The van der Waals surface area contributed by atoms with Gasteiger partial charge in [-0.3, -0.25) is 9.36 Å². The third kappa shape index (κ3) is 2.19. The van der Waals surface area contributed by atoms with Crippen molar-refractivity contribution in [2.75, 3.05) is 0 Å². The van der Waals surface area contributed by atoms with Gasteiger partial charge in [0, 0.05) is 11.3 Å². The van der Waals surface area contributed by atoms with Crippen LogP contribution >= 0.6 is 0 Å². The van der Waals surface area contributed by atoms with E-state index in [2.05, 4.69) is 9.97 Å². The zero-order chi connectivity index (χ0) is 16.8. The van der Waals surface area contributed by atoms with E-state index in [0.29, 0.717) is 16.8 Å². The number of furan rings is 1. The number of hydrogen-bond acceptors (Lipinski definition) is 4. The Kier molecular flexibility index (Phi) is 3.19. The van der Waals surface area contributed by atoms with Crippen molar-refractivity contribution in [1.82, 2.24) is 14.5 Å². The van der Waals surface area contributed by atoms with Gasteiger partial charge in [0.1, 0.15) is 11.3 Å². The Balaban J connectivity index is 1.93. The van der Waals surface area contributed by atoms with Crippen molar-refractivity contribution in [3.05, 3.63) is 69.7 Å². The fourth-order valence-electron chi connectivity index (χ4n) is 2.92. The van der Waals surface area contributed by atoms with Gasteiger partial charge in [-0.1, -0.05) is 18.2 Å². The van der Waals surface area contributed by atoms with Gasteiger partial charge >= 0.3 is 0 Å². The van der Waals surface area contributed by atoms with Crippen molar-refractivity contribution in [2.45, 2.75) is 20.4 Å². The molecular formula is C18H14FN3O2. The highest BCUT2D eigenvalue weighted by Gasteiger charge is 2.17. The van der Waals surface area contributed by atoms with Gasteiger partial charge in [0.15, 0.2) is 0 Å². The summed E-state index contributed by atoms with van der Waals surface area (Å²) in [4.78, 5) is 21.4. The molecule has 6 heteroatoms. The van der Waals surface area contributed by atoms with Crippen LogP contribution in [-0.4, -0.2) is 14.5 Å². The van der Waals surface area contributed by atoms with Crippen LogP contribution in [0.2, 0.25) is 0 Å². The summed E-state index contributed by atoms with van der Waals surface area (Å²) in [5.41, 5.74) is 2.87. The third-order valence-electron chi connectivity index (χ3n) is 4.04. The van der Waals surface area contributed by atoms with Crippen molar-refractivity contribution in [3.63, 3.8) is 0 Å². The van der Waals surface area contributed by atoms with Gasteiger partial charge in [0.2, 0.25) is 11.3 Å². The van der Waals surface area contributed by atoms with E-state index in [0.717, 1.165) is 16.6 Å². The van der Waals surface area contributed by atoms with Crippen molar-refractivity contribution in [1.29, 1.82) is 0 Å². The maximum atomic E-state index is 13.8. The predicted octanol–water partition coefficient (Wildman–Crippen LogP) is 3.34. The molecule has 0 atom stereocenters. The molecular weight excluding hydrogens is 309 g/mol. The molecule has 0 N–H and O–H groups in total. The van der Waals surface area contributed by atoms with E-state index in [1.165, 1.54) is 17.0 Å². The maximum Gasteiger partial charge on any atom is 0.297 e. The Labute approximate surface area is 136 Å². The number of pyridine rings is 1. The van der Waals surface area contributed by atoms with Crippen LogP contribution in [-0.2, 0) is 6.54 Å². The molecule has 5 nitrogen and oxygen atoms in total. The molecule has 120 valence electrons. The van der Waals surface area contributed by atoms with Gasteiger partial charge in [-0.25, -0.2) is 14.4 Å². The number of hydrogen-bond donors (Lipinski definition) is 0. The van der Waals surface area contributed by atoms with Crippen LogP contribution in [0.1, 0.15) is 16.8 Å². The van der Waals surface area contributed by atoms with Crippen molar-refractivity contribution in [2.24, 2.45) is 0 Å². The lowest BCUT2D eigenvalue weighted by atomic mass is 10.1. The number of aromatic nitrogens is 3. The summed E-state index contributed by atoms with van der Waals surface area (Å²) in [6.45, 7) is 3.89. The molecule has 0 aliphatic carbocycles. The van der Waals surface area contributed by atoms with Crippen LogP contribution in [0.3, 0.4) is 0 Å². The minimum atomic E-state index is -0.359. The first-order valence-corrected chi connectivity index (χ1v) is 7.54. The van der Waals surface area contributed by atoms with E-state index in [1.54, 1.807) is 18.2 Å². The average Bonchev–Trinajstić information content (AvgIpc) is 2.91. The maximum absolute atomic E-state index is 13.8. The molecule has 0 saturated carbocycles. The second-order valence-corrected chi connectivity index (χ2v) is 5.81. The van der Waals surface area contributed by atoms with Crippen LogP contribution in [0.4, 0.5) is 4.39 Å². The van der Waals surface area contributed by atoms with E-state index in [9.17, 15) is 9.18 Å². The van der Waals surface area contributed by atoms with Crippen LogP contribution in [0.15, 0.2) is 45.9 Å². The lowest BCUT2D eigenvalue weighted by molar-refractivity contribution is 0.589. The zero-order valence-electron chi connectivity index (χ0n) is 13.2. The standard InChI is InChI=1S/C18H14FN3O2/c1-10-7-11(2)21-17-14(10)15-16(24-17)18(23)22(9-20-15)8-12-5-3-4-6-13(12)19/h3-7,9H,8H2,1-2H3. The first-order valence-electron chi connectivity index (χ1n) is 7.54. The van der Waals surface area contributed by atoms with E-state index in [-0.39, 0.29) is 23.5 Å². The minimum absolute atomic E-state index is 0.0942. The Morgan fingerprint density at radius 2 is 2.04 bits per heavy atom. The Bertz CT molecular complexity index is 1140. The number of benzene rings is 1. The summed E-state index contributed by atoms with van der Waals surface area (Å²) < 4.78 is 20.8. The van der Waals surface area contributed by atoms with Gasteiger partial charge < -0.3 is 4.42 Å². The molecule has 0 amide bonds. The lowest BCUT2D eigenvalue weighted by Crippen LogP contribution is -2.21. The summed E-state index contributed by atoms with van der Waals surface area (Å²) >= 11 is 0. The molecule has 4 rings (SSSR count). The molecule has 1 aromatic carbocycles. The molecule has 4 aromatic rings. The summed E-state index contributed by atoms with van der Waals surface area (Å²) in [6, 6.07) is 8.26. The van der Waals surface area contributed by atoms with E-state index >= 15 is 0 Å². The molecule has 0 aliphatic heterocycles. The van der Waals surface area contributed by atoms with Gasteiger partial charge in [-0.15, -0.1) is 0 Å². The average molecular weight is 323 g/mol. The Morgan fingerprint density at radius 3 is 2.83 bits per heavy atom. The number of fused-ring (bicyclic) bond motifs is 3.